The lowest BCUT2D eigenvalue weighted by Crippen LogP contribution is -2.46. The van der Waals surface area contributed by atoms with Crippen molar-refractivity contribution in [2.24, 2.45) is 0 Å². The fourth-order valence-electron chi connectivity index (χ4n) is 3.25. The number of aromatic amines is 1. The van der Waals surface area contributed by atoms with E-state index >= 15 is 0 Å². The number of imidazole rings is 1. The van der Waals surface area contributed by atoms with Crippen molar-refractivity contribution in [3.8, 4) is 0 Å². The lowest BCUT2D eigenvalue weighted by atomic mass is 10.1. The molecule has 0 atom stereocenters. The normalized spacial score (nSPS) is 14.2. The molecule has 0 bridgehead atoms. The molecule has 0 unspecified atom stereocenters. The van der Waals surface area contributed by atoms with E-state index in [9.17, 15) is 9.59 Å². The van der Waals surface area contributed by atoms with Gasteiger partial charge in [-0.05, 0) is 36.4 Å². The van der Waals surface area contributed by atoms with Gasteiger partial charge in [0.15, 0.2) is 0 Å². The summed E-state index contributed by atoms with van der Waals surface area (Å²) >= 11 is 12.3. The third-order valence-corrected chi connectivity index (χ3v) is 5.32. The van der Waals surface area contributed by atoms with Crippen molar-refractivity contribution in [3.05, 3.63) is 63.4 Å². The van der Waals surface area contributed by atoms with Gasteiger partial charge in [-0.1, -0.05) is 23.2 Å². The van der Waals surface area contributed by atoms with Crippen molar-refractivity contribution in [1.82, 2.24) is 25.5 Å². The minimum atomic E-state index is -0.299. The van der Waals surface area contributed by atoms with E-state index in [0.29, 0.717) is 35.1 Å². The number of nitrogens with zero attached hydrogens (tertiary/aromatic N) is 2. The van der Waals surface area contributed by atoms with E-state index in [1.807, 2.05) is 6.07 Å². The summed E-state index contributed by atoms with van der Waals surface area (Å²) in [5.74, 6) is 0.197. The SMILES string of the molecule is O=C(NCc1nc2ccc(Cl)cc2[nH]1)c1ccc(C(=O)N2CCNCC2)c(Cl)c1. The summed E-state index contributed by atoms with van der Waals surface area (Å²) in [5, 5.41) is 6.88. The first-order valence-corrected chi connectivity index (χ1v) is 9.99. The Morgan fingerprint density at radius 2 is 1.90 bits per heavy atom. The smallest absolute Gasteiger partial charge is 0.255 e. The summed E-state index contributed by atoms with van der Waals surface area (Å²) in [6, 6.07) is 10.1. The van der Waals surface area contributed by atoms with Gasteiger partial charge < -0.3 is 20.5 Å². The monoisotopic (exact) mass is 431 g/mol. The third kappa shape index (κ3) is 4.37. The van der Waals surface area contributed by atoms with Crippen LogP contribution >= 0.6 is 23.2 Å². The maximum Gasteiger partial charge on any atom is 0.255 e. The van der Waals surface area contributed by atoms with Gasteiger partial charge >= 0.3 is 0 Å². The molecular weight excluding hydrogens is 413 g/mol. The summed E-state index contributed by atoms with van der Waals surface area (Å²) in [5.41, 5.74) is 2.36. The molecule has 1 aliphatic rings. The highest BCUT2D eigenvalue weighted by molar-refractivity contribution is 6.34. The number of hydrogen-bond donors (Lipinski definition) is 3. The molecule has 3 aromatic rings. The molecule has 2 amide bonds. The van der Waals surface area contributed by atoms with Crippen LogP contribution in [0.1, 0.15) is 26.5 Å². The highest BCUT2D eigenvalue weighted by atomic mass is 35.5. The van der Waals surface area contributed by atoms with Crippen molar-refractivity contribution in [1.29, 1.82) is 0 Å². The fourth-order valence-corrected chi connectivity index (χ4v) is 3.69. The average molecular weight is 432 g/mol. The molecule has 0 radical (unpaired) electrons. The first-order chi connectivity index (χ1) is 14.0. The standard InChI is InChI=1S/C20H19Cl2N5O2/c21-13-2-4-16-17(10-13)26-18(25-16)11-24-19(28)12-1-3-14(15(22)9-12)20(29)27-7-5-23-6-8-27/h1-4,9-10,23H,5-8,11H2,(H,24,28)(H,25,26). The molecule has 0 spiro atoms. The Bertz CT molecular complexity index is 1080. The predicted octanol–water partition coefficient (Wildman–Crippen LogP) is 2.85. The molecule has 2 heterocycles. The Labute approximate surface area is 177 Å². The topological polar surface area (TPSA) is 90.1 Å². The van der Waals surface area contributed by atoms with Crippen LogP contribution in [0.4, 0.5) is 0 Å². The van der Waals surface area contributed by atoms with E-state index in [1.165, 1.54) is 6.07 Å². The van der Waals surface area contributed by atoms with Gasteiger partial charge in [0.25, 0.3) is 11.8 Å². The van der Waals surface area contributed by atoms with Gasteiger partial charge in [0.05, 0.1) is 28.2 Å². The Hall–Kier alpha value is -2.61. The number of rotatable bonds is 4. The molecule has 4 rings (SSSR count). The van der Waals surface area contributed by atoms with Gasteiger partial charge in [0, 0.05) is 36.8 Å². The molecule has 0 aliphatic carbocycles. The lowest BCUT2D eigenvalue weighted by Gasteiger charge is -2.27. The Morgan fingerprint density at radius 3 is 2.66 bits per heavy atom. The number of hydrogen-bond acceptors (Lipinski definition) is 4. The van der Waals surface area contributed by atoms with Crippen LogP contribution < -0.4 is 10.6 Å². The quantitative estimate of drug-likeness (QED) is 0.592. The van der Waals surface area contributed by atoms with Gasteiger partial charge in [-0.25, -0.2) is 4.98 Å². The highest BCUT2D eigenvalue weighted by Gasteiger charge is 2.21. The van der Waals surface area contributed by atoms with Crippen LogP contribution in [0.5, 0.6) is 0 Å². The maximum absolute atomic E-state index is 12.6. The second-order valence-corrected chi connectivity index (χ2v) is 7.61. The number of amides is 2. The molecule has 7 nitrogen and oxygen atoms in total. The Balaban J connectivity index is 1.42. The van der Waals surface area contributed by atoms with Crippen molar-refractivity contribution in [2.45, 2.75) is 6.54 Å². The fraction of sp³-hybridized carbons (Fsp3) is 0.250. The summed E-state index contributed by atoms with van der Waals surface area (Å²) in [4.78, 5) is 34.4. The van der Waals surface area contributed by atoms with Crippen molar-refractivity contribution >= 4 is 46.0 Å². The van der Waals surface area contributed by atoms with Gasteiger partial charge in [0.2, 0.25) is 0 Å². The minimum absolute atomic E-state index is 0.121. The van der Waals surface area contributed by atoms with E-state index in [4.69, 9.17) is 23.2 Å². The van der Waals surface area contributed by atoms with E-state index < -0.39 is 0 Å². The number of fused-ring (bicyclic) bond motifs is 1. The second kappa shape index (κ2) is 8.41. The predicted molar refractivity (Wildman–Crippen MR) is 112 cm³/mol. The van der Waals surface area contributed by atoms with Crippen LogP contribution in [0.3, 0.4) is 0 Å². The molecule has 1 saturated heterocycles. The number of piperazine rings is 1. The molecule has 150 valence electrons. The maximum atomic E-state index is 12.6. The van der Waals surface area contributed by atoms with Crippen molar-refractivity contribution < 1.29 is 9.59 Å². The first-order valence-electron chi connectivity index (χ1n) is 9.23. The van der Waals surface area contributed by atoms with Crippen LogP contribution in [0.15, 0.2) is 36.4 Å². The minimum Gasteiger partial charge on any atom is -0.345 e. The molecule has 1 aromatic heterocycles. The number of aromatic nitrogens is 2. The summed E-state index contributed by atoms with van der Waals surface area (Å²) in [6.45, 7) is 3.03. The summed E-state index contributed by atoms with van der Waals surface area (Å²) < 4.78 is 0. The van der Waals surface area contributed by atoms with Gasteiger partial charge in [0.1, 0.15) is 5.82 Å². The van der Waals surface area contributed by atoms with E-state index in [1.54, 1.807) is 29.2 Å². The van der Waals surface area contributed by atoms with E-state index in [-0.39, 0.29) is 23.4 Å². The number of carbonyl (C=O) groups is 2. The highest BCUT2D eigenvalue weighted by Crippen LogP contribution is 2.21. The summed E-state index contributed by atoms with van der Waals surface area (Å²) in [6.07, 6.45) is 0. The zero-order chi connectivity index (χ0) is 20.4. The summed E-state index contributed by atoms with van der Waals surface area (Å²) in [7, 11) is 0. The number of benzene rings is 2. The van der Waals surface area contributed by atoms with E-state index in [2.05, 4.69) is 20.6 Å². The van der Waals surface area contributed by atoms with Crippen molar-refractivity contribution in [3.63, 3.8) is 0 Å². The first kappa shape index (κ1) is 19.7. The Kier molecular flexibility index (Phi) is 5.71. The number of nitrogens with one attached hydrogen (secondary N) is 3. The molecule has 1 fully saturated rings. The molecule has 1 aliphatic heterocycles. The van der Waals surface area contributed by atoms with Crippen LogP contribution in [0.25, 0.3) is 11.0 Å². The molecule has 3 N–H and O–H groups in total. The zero-order valence-corrected chi connectivity index (χ0v) is 17.0. The third-order valence-electron chi connectivity index (χ3n) is 4.78. The van der Waals surface area contributed by atoms with Crippen LogP contribution in [0, 0.1) is 0 Å². The number of halogens is 2. The van der Waals surface area contributed by atoms with Crippen LogP contribution in [-0.2, 0) is 6.54 Å². The van der Waals surface area contributed by atoms with Gasteiger partial charge in [-0.2, -0.15) is 0 Å². The number of H-pyrrole nitrogens is 1. The second-order valence-electron chi connectivity index (χ2n) is 6.76. The Morgan fingerprint density at radius 1 is 1.10 bits per heavy atom. The number of carbonyl (C=O) groups excluding carboxylic acids is 2. The van der Waals surface area contributed by atoms with Gasteiger partial charge in [-0.3, -0.25) is 9.59 Å². The lowest BCUT2D eigenvalue weighted by molar-refractivity contribution is 0.0735. The molecule has 0 saturated carbocycles. The zero-order valence-electron chi connectivity index (χ0n) is 15.5. The molecule has 29 heavy (non-hydrogen) atoms. The molecular formula is C20H19Cl2N5O2. The molecule has 2 aromatic carbocycles. The van der Waals surface area contributed by atoms with Crippen LogP contribution in [0.2, 0.25) is 10.0 Å². The van der Waals surface area contributed by atoms with Crippen LogP contribution in [-0.4, -0.2) is 52.9 Å². The largest absolute Gasteiger partial charge is 0.345 e. The molecule has 9 heteroatoms. The average Bonchev–Trinajstić information content (AvgIpc) is 3.14. The van der Waals surface area contributed by atoms with E-state index in [0.717, 1.165) is 24.1 Å². The van der Waals surface area contributed by atoms with Crippen molar-refractivity contribution in [2.75, 3.05) is 26.2 Å². The van der Waals surface area contributed by atoms with Gasteiger partial charge in [-0.15, -0.1) is 0 Å².